The zero-order chi connectivity index (χ0) is 11.4. The molecule has 0 spiro atoms. The first-order chi connectivity index (χ1) is 7.04. The van der Waals surface area contributed by atoms with Crippen molar-refractivity contribution < 1.29 is 19.0 Å². The van der Waals surface area contributed by atoms with Gasteiger partial charge in [-0.3, -0.25) is 4.79 Å². The minimum absolute atomic E-state index is 0.0709. The molecule has 15 heavy (non-hydrogen) atoms. The molecule has 0 aliphatic heterocycles. The van der Waals surface area contributed by atoms with Crippen LogP contribution >= 0.6 is 15.9 Å². The van der Waals surface area contributed by atoms with Gasteiger partial charge in [-0.25, -0.2) is 4.39 Å². The van der Waals surface area contributed by atoms with Gasteiger partial charge >= 0.3 is 5.97 Å². The summed E-state index contributed by atoms with van der Waals surface area (Å²) in [6, 6.07) is 2.32. The number of esters is 1. The van der Waals surface area contributed by atoms with Gasteiger partial charge < -0.3 is 9.84 Å². The van der Waals surface area contributed by atoms with Gasteiger partial charge in [0.25, 0.3) is 0 Å². The average molecular weight is 277 g/mol. The smallest absolute Gasteiger partial charge is 0.310 e. The van der Waals surface area contributed by atoms with Crippen LogP contribution in [0.1, 0.15) is 12.5 Å². The molecule has 1 aromatic carbocycles. The normalized spacial score (nSPS) is 10.1. The summed E-state index contributed by atoms with van der Waals surface area (Å²) >= 11 is 2.97. The fraction of sp³-hybridized carbons (Fsp3) is 0.300. The number of ether oxygens (including phenoxy) is 1. The summed E-state index contributed by atoms with van der Waals surface area (Å²) in [5.74, 6) is -1.27. The van der Waals surface area contributed by atoms with Gasteiger partial charge in [0.2, 0.25) is 0 Å². The Balaban J connectivity index is 2.86. The zero-order valence-electron chi connectivity index (χ0n) is 8.09. The van der Waals surface area contributed by atoms with Gasteiger partial charge in [0.05, 0.1) is 17.5 Å². The molecule has 0 heterocycles. The number of halogens is 2. The molecule has 1 N–H and O–H groups in total. The van der Waals surface area contributed by atoms with Crippen LogP contribution in [0.3, 0.4) is 0 Å². The Hall–Kier alpha value is -1.10. The van der Waals surface area contributed by atoms with Crippen LogP contribution in [0.25, 0.3) is 0 Å². The lowest BCUT2D eigenvalue weighted by molar-refractivity contribution is -0.142. The molecule has 82 valence electrons. The highest BCUT2D eigenvalue weighted by molar-refractivity contribution is 9.10. The largest absolute Gasteiger partial charge is 0.508 e. The molecule has 0 radical (unpaired) electrons. The molecule has 5 heteroatoms. The quantitative estimate of drug-likeness (QED) is 0.863. The molecular weight excluding hydrogens is 267 g/mol. The fourth-order valence-corrected chi connectivity index (χ4v) is 1.48. The third-order valence-corrected chi connectivity index (χ3v) is 2.37. The maximum Gasteiger partial charge on any atom is 0.310 e. The summed E-state index contributed by atoms with van der Waals surface area (Å²) in [4.78, 5) is 11.1. The van der Waals surface area contributed by atoms with Crippen molar-refractivity contribution in [3.05, 3.63) is 28.0 Å². The maximum atomic E-state index is 12.9. The van der Waals surface area contributed by atoms with Gasteiger partial charge in [0.1, 0.15) is 11.6 Å². The van der Waals surface area contributed by atoms with E-state index in [2.05, 4.69) is 15.9 Å². The van der Waals surface area contributed by atoms with E-state index in [4.69, 9.17) is 4.74 Å². The molecule has 0 bridgehead atoms. The molecule has 0 aliphatic carbocycles. The van der Waals surface area contributed by atoms with Crippen molar-refractivity contribution >= 4 is 21.9 Å². The Morgan fingerprint density at radius 1 is 1.60 bits per heavy atom. The Bertz CT molecular complexity index is 379. The van der Waals surface area contributed by atoms with Crippen LogP contribution in [0.4, 0.5) is 4.39 Å². The van der Waals surface area contributed by atoms with Gasteiger partial charge in [0, 0.05) is 11.6 Å². The Labute approximate surface area is 95.0 Å². The van der Waals surface area contributed by atoms with E-state index in [1.54, 1.807) is 6.92 Å². The van der Waals surface area contributed by atoms with E-state index in [9.17, 15) is 14.3 Å². The number of phenols is 1. The molecule has 3 nitrogen and oxygen atoms in total. The SMILES string of the molecule is CCOC(=O)Cc1cc(Br)c(F)cc1O. The summed E-state index contributed by atoms with van der Waals surface area (Å²) in [6.45, 7) is 1.97. The number of carbonyl (C=O) groups is 1. The summed E-state index contributed by atoms with van der Waals surface area (Å²) in [6.07, 6.45) is -0.0709. The van der Waals surface area contributed by atoms with E-state index < -0.39 is 11.8 Å². The van der Waals surface area contributed by atoms with Gasteiger partial charge in [-0.2, -0.15) is 0 Å². The second-order valence-electron chi connectivity index (χ2n) is 2.88. The van der Waals surface area contributed by atoms with Crippen molar-refractivity contribution in [3.63, 3.8) is 0 Å². The number of carbonyl (C=O) groups excluding carboxylic acids is 1. The fourth-order valence-electron chi connectivity index (χ4n) is 1.09. The van der Waals surface area contributed by atoms with Gasteiger partial charge in [-0.05, 0) is 28.9 Å². The Morgan fingerprint density at radius 2 is 2.27 bits per heavy atom. The summed E-state index contributed by atoms with van der Waals surface area (Å²) in [5, 5.41) is 9.36. The highest BCUT2D eigenvalue weighted by atomic mass is 79.9. The van der Waals surface area contributed by atoms with Crippen LogP contribution in [-0.4, -0.2) is 17.7 Å². The number of phenolic OH excluding ortho intramolecular Hbond substituents is 1. The maximum absolute atomic E-state index is 12.9. The predicted molar refractivity (Wildman–Crippen MR) is 56.1 cm³/mol. The first-order valence-electron chi connectivity index (χ1n) is 4.37. The monoisotopic (exact) mass is 276 g/mol. The van der Waals surface area contributed by atoms with E-state index in [0.29, 0.717) is 5.56 Å². The molecule has 1 aromatic rings. The van der Waals surface area contributed by atoms with Crippen LogP contribution in [-0.2, 0) is 16.0 Å². The second-order valence-corrected chi connectivity index (χ2v) is 3.73. The Kier molecular flexibility index (Phi) is 4.08. The van der Waals surface area contributed by atoms with E-state index in [1.807, 2.05) is 0 Å². The van der Waals surface area contributed by atoms with Crippen molar-refractivity contribution in [1.29, 1.82) is 0 Å². The molecule has 0 unspecified atom stereocenters. The summed E-state index contributed by atoms with van der Waals surface area (Å²) < 4.78 is 17.8. The van der Waals surface area contributed by atoms with Crippen molar-refractivity contribution in [3.8, 4) is 5.75 Å². The minimum Gasteiger partial charge on any atom is -0.508 e. The van der Waals surface area contributed by atoms with Gasteiger partial charge in [-0.15, -0.1) is 0 Å². The van der Waals surface area contributed by atoms with Crippen LogP contribution < -0.4 is 0 Å². The van der Waals surface area contributed by atoms with Gasteiger partial charge in [0.15, 0.2) is 0 Å². The minimum atomic E-state index is -0.569. The van der Waals surface area contributed by atoms with Crippen LogP contribution in [0.5, 0.6) is 5.75 Å². The van der Waals surface area contributed by atoms with Crippen molar-refractivity contribution in [1.82, 2.24) is 0 Å². The third-order valence-electron chi connectivity index (χ3n) is 1.76. The van der Waals surface area contributed by atoms with Crippen molar-refractivity contribution in [2.75, 3.05) is 6.61 Å². The Morgan fingerprint density at radius 3 is 2.87 bits per heavy atom. The number of hydrogen-bond donors (Lipinski definition) is 1. The molecule has 0 amide bonds. The first-order valence-corrected chi connectivity index (χ1v) is 5.16. The van der Waals surface area contributed by atoms with E-state index in [0.717, 1.165) is 6.07 Å². The standard InChI is InChI=1S/C10H10BrFO3/c1-2-15-10(14)4-6-3-7(11)8(12)5-9(6)13/h3,5,13H,2,4H2,1H3. The molecular formula is C10H10BrFO3. The molecule has 0 aliphatic rings. The molecule has 0 aromatic heterocycles. The van der Waals surface area contributed by atoms with Crippen LogP contribution in [0.15, 0.2) is 16.6 Å². The molecule has 0 saturated heterocycles. The predicted octanol–water partition coefficient (Wildman–Crippen LogP) is 2.40. The van der Waals surface area contributed by atoms with Crippen LogP contribution in [0, 0.1) is 5.82 Å². The second kappa shape index (κ2) is 5.11. The lowest BCUT2D eigenvalue weighted by atomic mass is 10.1. The molecule has 0 saturated carbocycles. The van der Waals surface area contributed by atoms with Gasteiger partial charge in [-0.1, -0.05) is 0 Å². The highest BCUT2D eigenvalue weighted by Crippen LogP contribution is 2.25. The number of aromatic hydroxyl groups is 1. The topological polar surface area (TPSA) is 46.5 Å². The molecule has 0 fully saturated rings. The number of benzene rings is 1. The van der Waals surface area contributed by atoms with Crippen molar-refractivity contribution in [2.24, 2.45) is 0 Å². The average Bonchev–Trinajstić information content (AvgIpc) is 2.14. The molecule has 1 rings (SSSR count). The lowest BCUT2D eigenvalue weighted by Crippen LogP contribution is -2.07. The number of hydrogen-bond acceptors (Lipinski definition) is 3. The van der Waals surface area contributed by atoms with E-state index in [1.165, 1.54) is 6.07 Å². The first kappa shape index (κ1) is 12.0. The third kappa shape index (κ3) is 3.20. The molecule has 0 atom stereocenters. The lowest BCUT2D eigenvalue weighted by Gasteiger charge is -2.05. The van der Waals surface area contributed by atoms with E-state index >= 15 is 0 Å². The summed E-state index contributed by atoms with van der Waals surface area (Å²) in [7, 11) is 0. The van der Waals surface area contributed by atoms with Crippen molar-refractivity contribution in [2.45, 2.75) is 13.3 Å². The van der Waals surface area contributed by atoms with E-state index in [-0.39, 0.29) is 23.2 Å². The highest BCUT2D eigenvalue weighted by Gasteiger charge is 2.11. The zero-order valence-corrected chi connectivity index (χ0v) is 9.67. The van der Waals surface area contributed by atoms with Crippen LogP contribution in [0.2, 0.25) is 0 Å². The summed E-state index contributed by atoms with van der Waals surface area (Å²) in [5.41, 5.74) is 0.335. The number of rotatable bonds is 3.